The van der Waals surface area contributed by atoms with Gasteiger partial charge in [0.05, 0.1) is 12.6 Å². The summed E-state index contributed by atoms with van der Waals surface area (Å²) in [5.41, 5.74) is 4.46. The van der Waals surface area contributed by atoms with E-state index in [2.05, 4.69) is 36.8 Å². The summed E-state index contributed by atoms with van der Waals surface area (Å²) < 4.78 is 8.05. The maximum atomic E-state index is 5.94. The van der Waals surface area contributed by atoms with Gasteiger partial charge in [0, 0.05) is 31.4 Å². The van der Waals surface area contributed by atoms with Gasteiger partial charge in [0.15, 0.2) is 12.3 Å². The number of ether oxygens (including phenoxy) is 1. The van der Waals surface area contributed by atoms with E-state index in [1.807, 2.05) is 25.0 Å². The Morgan fingerprint density at radius 1 is 1.31 bits per heavy atom. The molecule has 8 heteroatoms. The molecule has 0 radical (unpaired) electrons. The number of hydrogen-bond acceptors (Lipinski definition) is 5. The summed E-state index contributed by atoms with van der Waals surface area (Å²) in [7, 11) is 0. The van der Waals surface area contributed by atoms with E-state index in [1.165, 1.54) is 25.7 Å². The van der Waals surface area contributed by atoms with Gasteiger partial charge in [0.1, 0.15) is 6.17 Å². The van der Waals surface area contributed by atoms with Crippen LogP contribution in [0.15, 0.2) is 41.4 Å². The fraction of sp³-hybridized carbons (Fsp3) is 0.722. The summed E-state index contributed by atoms with van der Waals surface area (Å²) in [5, 5.41) is 13.3. The zero-order valence-electron chi connectivity index (χ0n) is 15.2. The highest BCUT2D eigenvalue weighted by atomic mass is 16.5. The van der Waals surface area contributed by atoms with Gasteiger partial charge in [-0.05, 0) is 38.2 Å². The van der Waals surface area contributed by atoms with Crippen LogP contribution in [0.5, 0.6) is 0 Å². The van der Waals surface area contributed by atoms with Crippen molar-refractivity contribution < 1.29 is 9.75 Å². The van der Waals surface area contributed by atoms with Crippen molar-refractivity contribution in [2.75, 3.05) is 6.54 Å². The molecule has 0 aromatic carbocycles. The van der Waals surface area contributed by atoms with Gasteiger partial charge < -0.3 is 14.4 Å². The monoisotopic (exact) mass is 359 g/mol. The first-order chi connectivity index (χ1) is 12.9. The summed E-state index contributed by atoms with van der Waals surface area (Å²) in [6, 6.07) is 0. The Morgan fingerprint density at radius 3 is 3.00 bits per heavy atom. The Labute approximate surface area is 154 Å². The third-order valence-corrected chi connectivity index (χ3v) is 5.66. The van der Waals surface area contributed by atoms with Gasteiger partial charge >= 0.3 is 0 Å². The van der Waals surface area contributed by atoms with Crippen LogP contribution in [-0.4, -0.2) is 34.5 Å². The molecule has 2 N–H and O–H groups in total. The molecular formula is C18H29N7O. The van der Waals surface area contributed by atoms with Crippen molar-refractivity contribution in [3.05, 3.63) is 36.6 Å². The Bertz CT molecular complexity index is 597. The van der Waals surface area contributed by atoms with Gasteiger partial charge in [0.2, 0.25) is 0 Å². The van der Waals surface area contributed by atoms with Crippen molar-refractivity contribution in [3.63, 3.8) is 0 Å². The lowest BCUT2D eigenvalue weighted by molar-refractivity contribution is -0.918. The highest BCUT2D eigenvalue weighted by Gasteiger charge is 2.40. The summed E-state index contributed by atoms with van der Waals surface area (Å²) >= 11 is 0. The van der Waals surface area contributed by atoms with Gasteiger partial charge in [-0.3, -0.25) is 10.3 Å². The van der Waals surface area contributed by atoms with Crippen molar-refractivity contribution in [3.8, 4) is 0 Å². The molecule has 142 valence electrons. The number of nitrogens with zero attached hydrogens (tertiary/aromatic N) is 5. The minimum Gasteiger partial charge on any atom is -0.491 e. The topological polar surface area (TPSA) is 82.3 Å². The second kappa shape index (κ2) is 8.64. The number of quaternary nitrogens is 1. The van der Waals surface area contributed by atoms with Crippen LogP contribution < -0.4 is 10.3 Å². The summed E-state index contributed by atoms with van der Waals surface area (Å²) in [6.07, 6.45) is 18.1. The van der Waals surface area contributed by atoms with Crippen molar-refractivity contribution in [1.82, 2.24) is 14.9 Å². The molecule has 8 nitrogen and oxygen atoms in total. The van der Waals surface area contributed by atoms with Crippen molar-refractivity contribution in [2.45, 2.75) is 69.9 Å². The molecule has 2 aliphatic heterocycles. The smallest absolute Gasteiger partial charge is 0.189 e. The molecule has 0 amide bonds. The maximum absolute atomic E-state index is 5.94. The Morgan fingerprint density at radius 2 is 2.23 bits per heavy atom. The first-order valence-electron chi connectivity index (χ1n) is 9.89. The van der Waals surface area contributed by atoms with Crippen molar-refractivity contribution in [1.29, 1.82) is 0 Å². The molecule has 0 spiro atoms. The average Bonchev–Trinajstić information content (AvgIpc) is 3.44. The lowest BCUT2D eigenvalue weighted by Gasteiger charge is -2.38. The summed E-state index contributed by atoms with van der Waals surface area (Å²) in [6.45, 7) is 1.86. The SMILES string of the molecule is C1=CO[C@H](C(NCCCn2ccnc2)[NH+]2[N-]N=NC2C2CCCC2)CC1. The van der Waals surface area contributed by atoms with E-state index in [1.54, 1.807) is 0 Å². The van der Waals surface area contributed by atoms with Crippen LogP contribution in [-0.2, 0) is 11.3 Å². The molecule has 1 fully saturated rings. The van der Waals surface area contributed by atoms with Gasteiger partial charge in [-0.1, -0.05) is 12.8 Å². The number of aromatic nitrogens is 2. The number of nitrogens with one attached hydrogen (secondary N) is 2. The second-order valence-electron chi connectivity index (χ2n) is 7.43. The highest BCUT2D eigenvalue weighted by Crippen LogP contribution is 2.29. The van der Waals surface area contributed by atoms with E-state index in [4.69, 9.17) is 4.74 Å². The number of hydrogen-bond donors (Lipinski definition) is 2. The third-order valence-electron chi connectivity index (χ3n) is 5.66. The molecule has 3 heterocycles. The average molecular weight is 359 g/mol. The molecule has 0 saturated heterocycles. The molecule has 4 rings (SSSR count). The molecule has 26 heavy (non-hydrogen) atoms. The zero-order valence-corrected chi connectivity index (χ0v) is 15.2. The van der Waals surface area contributed by atoms with E-state index >= 15 is 0 Å². The van der Waals surface area contributed by atoms with Gasteiger partial charge in [0.25, 0.3) is 0 Å². The predicted octanol–water partition coefficient (Wildman–Crippen LogP) is 1.95. The normalized spacial score (nSPS) is 29.6. The standard InChI is InChI=1S/C18H29N7O/c1-2-7-15(6-1)17-21-22-23-25(17)18(16-8-3-4-13-26-16)20-9-5-11-24-12-10-19-14-24/h4,10,12-18,20,25H,1-3,5-9,11H2/t16-,17?,18?/m0/s1. The van der Waals surface area contributed by atoms with Gasteiger partial charge in [-0.15, -0.1) is 0 Å². The Kier molecular flexibility index (Phi) is 5.81. The van der Waals surface area contributed by atoms with Crippen LogP contribution in [0.4, 0.5) is 0 Å². The Balaban J connectivity index is 1.37. The molecular weight excluding hydrogens is 330 g/mol. The molecule has 1 aromatic heterocycles. The summed E-state index contributed by atoms with van der Waals surface area (Å²) in [4.78, 5) is 4.10. The van der Waals surface area contributed by atoms with Gasteiger partial charge in [-0.2, -0.15) is 5.53 Å². The van der Waals surface area contributed by atoms with E-state index in [0.29, 0.717) is 5.92 Å². The van der Waals surface area contributed by atoms with Crippen LogP contribution >= 0.6 is 0 Å². The van der Waals surface area contributed by atoms with E-state index in [0.717, 1.165) is 37.4 Å². The minimum atomic E-state index is 0.0864. The fourth-order valence-electron chi connectivity index (χ4n) is 4.27. The second-order valence-corrected chi connectivity index (χ2v) is 7.43. The number of aryl methyl sites for hydroxylation is 1. The molecule has 3 unspecified atom stereocenters. The van der Waals surface area contributed by atoms with Crippen LogP contribution in [0.1, 0.15) is 44.9 Å². The van der Waals surface area contributed by atoms with Crippen molar-refractivity contribution >= 4 is 0 Å². The van der Waals surface area contributed by atoms with E-state index in [-0.39, 0.29) is 18.4 Å². The minimum absolute atomic E-state index is 0.0864. The number of imidazole rings is 1. The highest BCUT2D eigenvalue weighted by molar-refractivity contribution is 4.87. The molecule has 4 atom stereocenters. The van der Waals surface area contributed by atoms with Crippen LogP contribution in [0.2, 0.25) is 0 Å². The quantitative estimate of drug-likeness (QED) is 0.696. The Hall–Kier alpha value is -1.93. The lowest BCUT2D eigenvalue weighted by atomic mass is 10.0. The van der Waals surface area contributed by atoms with E-state index in [9.17, 15) is 0 Å². The third kappa shape index (κ3) is 4.07. The first kappa shape index (κ1) is 17.5. The number of rotatable bonds is 8. The molecule has 1 aromatic rings. The predicted molar refractivity (Wildman–Crippen MR) is 96.8 cm³/mol. The van der Waals surface area contributed by atoms with Crippen LogP contribution in [0, 0.1) is 5.92 Å². The summed E-state index contributed by atoms with van der Waals surface area (Å²) in [5.74, 6) is 0.592. The number of allylic oxidation sites excluding steroid dienone is 1. The first-order valence-corrected chi connectivity index (χ1v) is 9.89. The van der Waals surface area contributed by atoms with E-state index < -0.39 is 0 Å². The largest absolute Gasteiger partial charge is 0.491 e. The molecule has 1 saturated carbocycles. The molecule has 0 bridgehead atoms. The molecule has 3 aliphatic rings. The van der Waals surface area contributed by atoms with Crippen LogP contribution in [0.25, 0.3) is 5.53 Å². The van der Waals surface area contributed by atoms with Crippen LogP contribution in [0.3, 0.4) is 0 Å². The zero-order chi connectivity index (χ0) is 17.6. The fourth-order valence-corrected chi connectivity index (χ4v) is 4.27. The van der Waals surface area contributed by atoms with Gasteiger partial charge in [-0.25, -0.2) is 10.2 Å². The molecule has 1 aliphatic carbocycles. The van der Waals surface area contributed by atoms with Crippen molar-refractivity contribution in [2.24, 2.45) is 16.3 Å². The lowest BCUT2D eigenvalue weighted by Crippen LogP contribution is -3.18. The maximum Gasteiger partial charge on any atom is 0.189 e.